The first kappa shape index (κ1) is 10.7. The third kappa shape index (κ3) is 2.62. The summed E-state index contributed by atoms with van der Waals surface area (Å²) in [6.07, 6.45) is 2.50. The second-order valence-electron chi connectivity index (χ2n) is 3.03. The van der Waals surface area contributed by atoms with Crippen LogP contribution in [-0.4, -0.2) is 16.5 Å². The van der Waals surface area contributed by atoms with Gasteiger partial charge in [-0.25, -0.2) is 9.97 Å². The van der Waals surface area contributed by atoms with E-state index in [1.807, 2.05) is 11.4 Å². The summed E-state index contributed by atoms with van der Waals surface area (Å²) in [7, 11) is 0. The van der Waals surface area contributed by atoms with Crippen LogP contribution in [0.3, 0.4) is 0 Å². The molecule has 2 aromatic heterocycles. The Bertz CT molecular complexity index is 455. The highest BCUT2D eigenvalue weighted by atomic mass is 79.9. The predicted molar refractivity (Wildman–Crippen MR) is 65.8 cm³/mol. The van der Waals surface area contributed by atoms with E-state index in [2.05, 4.69) is 32.0 Å². The molecule has 2 aromatic rings. The van der Waals surface area contributed by atoms with Gasteiger partial charge in [0.1, 0.15) is 5.82 Å². The van der Waals surface area contributed by atoms with Crippen LogP contribution in [0.5, 0.6) is 0 Å². The molecule has 0 saturated heterocycles. The van der Waals surface area contributed by atoms with Crippen LogP contribution in [-0.2, 0) is 6.42 Å². The van der Waals surface area contributed by atoms with Crippen LogP contribution in [0.2, 0.25) is 0 Å². The van der Waals surface area contributed by atoms with Crippen LogP contribution >= 0.6 is 27.3 Å². The Labute approximate surface area is 101 Å². The molecule has 0 aliphatic rings. The number of hydrogen-bond acceptors (Lipinski definition) is 4. The molecule has 0 unspecified atom stereocenters. The lowest BCUT2D eigenvalue weighted by Crippen LogP contribution is -2.06. The van der Waals surface area contributed by atoms with Gasteiger partial charge in [-0.3, -0.25) is 0 Å². The Morgan fingerprint density at radius 3 is 3.00 bits per heavy atom. The SMILES string of the molecule is NCCc1nccc(-c2cc(Br)cs2)n1. The Morgan fingerprint density at radius 2 is 2.33 bits per heavy atom. The van der Waals surface area contributed by atoms with Gasteiger partial charge in [0.15, 0.2) is 0 Å². The van der Waals surface area contributed by atoms with Gasteiger partial charge in [0.25, 0.3) is 0 Å². The molecular formula is C10H10BrN3S. The van der Waals surface area contributed by atoms with Crippen molar-refractivity contribution in [3.63, 3.8) is 0 Å². The first-order valence-corrected chi connectivity index (χ1v) is 6.23. The number of rotatable bonds is 3. The molecular weight excluding hydrogens is 274 g/mol. The monoisotopic (exact) mass is 283 g/mol. The zero-order valence-electron chi connectivity index (χ0n) is 7.98. The van der Waals surface area contributed by atoms with Crippen LogP contribution < -0.4 is 5.73 Å². The Kier molecular flexibility index (Phi) is 3.45. The van der Waals surface area contributed by atoms with E-state index in [4.69, 9.17) is 5.73 Å². The summed E-state index contributed by atoms with van der Waals surface area (Å²) in [4.78, 5) is 9.75. The number of halogens is 1. The minimum Gasteiger partial charge on any atom is -0.330 e. The molecule has 0 bridgehead atoms. The predicted octanol–water partition coefficient (Wildman–Crippen LogP) is 2.47. The van der Waals surface area contributed by atoms with Gasteiger partial charge in [0.05, 0.1) is 10.6 Å². The normalized spacial score (nSPS) is 10.5. The maximum atomic E-state index is 5.47. The number of thiophene rings is 1. The number of hydrogen-bond donors (Lipinski definition) is 1. The Balaban J connectivity index is 2.32. The molecule has 0 fully saturated rings. The quantitative estimate of drug-likeness (QED) is 0.942. The first-order chi connectivity index (χ1) is 7.29. The van der Waals surface area contributed by atoms with Crippen molar-refractivity contribution in [3.05, 3.63) is 34.0 Å². The lowest BCUT2D eigenvalue weighted by molar-refractivity contribution is 0.870. The van der Waals surface area contributed by atoms with Crippen molar-refractivity contribution in [1.29, 1.82) is 0 Å². The summed E-state index contributed by atoms with van der Waals surface area (Å²) in [6.45, 7) is 0.581. The highest BCUT2D eigenvalue weighted by Crippen LogP contribution is 2.28. The van der Waals surface area contributed by atoms with Crippen LogP contribution in [0.15, 0.2) is 28.2 Å². The van der Waals surface area contributed by atoms with Crippen LogP contribution in [0, 0.1) is 0 Å². The summed E-state index contributed by atoms with van der Waals surface area (Å²) in [5, 5.41) is 2.04. The molecule has 0 atom stereocenters. The molecule has 0 aliphatic heterocycles. The molecule has 2 rings (SSSR count). The van der Waals surface area contributed by atoms with Gasteiger partial charge in [-0.15, -0.1) is 11.3 Å². The molecule has 0 spiro atoms. The fourth-order valence-electron chi connectivity index (χ4n) is 1.23. The highest BCUT2D eigenvalue weighted by molar-refractivity contribution is 9.10. The van der Waals surface area contributed by atoms with Crippen LogP contribution in [0.25, 0.3) is 10.6 Å². The summed E-state index contributed by atoms with van der Waals surface area (Å²) >= 11 is 5.09. The molecule has 0 aliphatic carbocycles. The summed E-state index contributed by atoms with van der Waals surface area (Å²) < 4.78 is 1.08. The first-order valence-electron chi connectivity index (χ1n) is 4.56. The minimum absolute atomic E-state index is 0.581. The number of nitrogens with zero attached hydrogens (tertiary/aromatic N) is 2. The van der Waals surface area contributed by atoms with Crippen molar-refractivity contribution in [1.82, 2.24) is 9.97 Å². The van der Waals surface area contributed by atoms with Crippen LogP contribution in [0.1, 0.15) is 5.82 Å². The summed E-state index contributed by atoms with van der Waals surface area (Å²) in [6, 6.07) is 3.97. The second-order valence-corrected chi connectivity index (χ2v) is 4.85. The maximum Gasteiger partial charge on any atom is 0.130 e. The molecule has 2 heterocycles. The average Bonchev–Trinajstić information content (AvgIpc) is 2.66. The van der Waals surface area contributed by atoms with Gasteiger partial charge >= 0.3 is 0 Å². The van der Waals surface area contributed by atoms with E-state index in [-0.39, 0.29) is 0 Å². The van der Waals surface area contributed by atoms with E-state index < -0.39 is 0 Å². The van der Waals surface area contributed by atoms with E-state index in [9.17, 15) is 0 Å². The third-order valence-electron chi connectivity index (χ3n) is 1.89. The van der Waals surface area contributed by atoms with Crippen molar-refractivity contribution < 1.29 is 0 Å². The standard InChI is InChI=1S/C10H10BrN3S/c11-7-5-9(15-6-7)8-2-4-13-10(14-8)1-3-12/h2,4-6H,1,3,12H2. The summed E-state index contributed by atoms with van der Waals surface area (Å²) in [5.74, 6) is 0.805. The molecule has 3 nitrogen and oxygen atoms in total. The lowest BCUT2D eigenvalue weighted by Gasteiger charge is -1.99. The third-order valence-corrected chi connectivity index (χ3v) is 3.61. The molecule has 0 saturated carbocycles. The van der Waals surface area contributed by atoms with Crippen LogP contribution in [0.4, 0.5) is 0 Å². The van der Waals surface area contributed by atoms with Crippen molar-refractivity contribution in [2.75, 3.05) is 6.54 Å². The van der Waals surface area contributed by atoms with Gasteiger partial charge in [0.2, 0.25) is 0 Å². The van der Waals surface area contributed by atoms with Gasteiger partial charge < -0.3 is 5.73 Å². The lowest BCUT2D eigenvalue weighted by atomic mass is 10.3. The van der Waals surface area contributed by atoms with Crippen molar-refractivity contribution in [3.8, 4) is 10.6 Å². The Morgan fingerprint density at radius 1 is 1.47 bits per heavy atom. The molecule has 15 heavy (non-hydrogen) atoms. The van der Waals surface area contributed by atoms with E-state index >= 15 is 0 Å². The maximum absolute atomic E-state index is 5.47. The molecule has 5 heteroatoms. The fourth-order valence-corrected chi connectivity index (χ4v) is 2.63. The topological polar surface area (TPSA) is 51.8 Å². The van der Waals surface area contributed by atoms with Gasteiger partial charge in [0, 0.05) is 22.5 Å². The zero-order chi connectivity index (χ0) is 10.7. The molecule has 0 aromatic carbocycles. The van der Waals surface area contributed by atoms with E-state index in [1.165, 1.54) is 0 Å². The van der Waals surface area contributed by atoms with Gasteiger partial charge in [-0.05, 0) is 34.6 Å². The number of nitrogens with two attached hydrogens (primary N) is 1. The van der Waals surface area contributed by atoms with E-state index in [0.29, 0.717) is 6.54 Å². The Hall–Kier alpha value is -0.780. The van der Waals surface area contributed by atoms with Gasteiger partial charge in [-0.2, -0.15) is 0 Å². The van der Waals surface area contributed by atoms with Gasteiger partial charge in [-0.1, -0.05) is 0 Å². The highest BCUT2D eigenvalue weighted by Gasteiger charge is 2.04. The van der Waals surface area contributed by atoms with E-state index in [0.717, 1.165) is 27.3 Å². The number of aromatic nitrogens is 2. The molecule has 2 N–H and O–H groups in total. The fraction of sp³-hybridized carbons (Fsp3) is 0.200. The van der Waals surface area contributed by atoms with Crippen molar-refractivity contribution in [2.45, 2.75) is 6.42 Å². The summed E-state index contributed by atoms with van der Waals surface area (Å²) in [5.41, 5.74) is 6.43. The smallest absolute Gasteiger partial charge is 0.130 e. The van der Waals surface area contributed by atoms with Crippen molar-refractivity contribution >= 4 is 27.3 Å². The van der Waals surface area contributed by atoms with E-state index in [1.54, 1.807) is 17.5 Å². The average molecular weight is 284 g/mol. The molecule has 78 valence electrons. The second kappa shape index (κ2) is 4.83. The minimum atomic E-state index is 0.581. The molecule has 0 radical (unpaired) electrons. The van der Waals surface area contributed by atoms with Crippen molar-refractivity contribution in [2.24, 2.45) is 5.73 Å². The molecule has 0 amide bonds. The largest absolute Gasteiger partial charge is 0.330 e. The zero-order valence-corrected chi connectivity index (χ0v) is 10.4.